The molecule has 0 radical (unpaired) electrons. The fourth-order valence-corrected chi connectivity index (χ4v) is 1.72. The van der Waals surface area contributed by atoms with Crippen molar-refractivity contribution >= 4 is 17.4 Å². The minimum absolute atomic E-state index is 0.204. The number of nitrogens with two attached hydrogens (primary N) is 2. The van der Waals surface area contributed by atoms with E-state index in [1.165, 1.54) is 4.52 Å². The molecule has 0 fully saturated rings. The number of aromatic nitrogens is 4. The molecule has 0 aromatic carbocycles. The summed E-state index contributed by atoms with van der Waals surface area (Å²) in [6, 6.07) is 9.32. The zero-order chi connectivity index (χ0) is 11.8. The molecule has 3 rings (SSSR count). The number of pyridine rings is 2. The van der Waals surface area contributed by atoms with Crippen LogP contribution in [0.2, 0.25) is 0 Å². The van der Waals surface area contributed by atoms with E-state index in [0.717, 1.165) is 11.3 Å². The lowest BCUT2D eigenvalue weighted by molar-refractivity contribution is 0.981. The molecular formula is C11H10N6. The van der Waals surface area contributed by atoms with Gasteiger partial charge in [0.1, 0.15) is 5.82 Å². The number of hydrogen-bond donors (Lipinski definition) is 2. The Hall–Kier alpha value is -2.63. The van der Waals surface area contributed by atoms with Gasteiger partial charge >= 0.3 is 0 Å². The summed E-state index contributed by atoms with van der Waals surface area (Å²) < 4.78 is 1.51. The highest BCUT2D eigenvalue weighted by Gasteiger charge is 2.09. The van der Waals surface area contributed by atoms with Crippen LogP contribution in [0.1, 0.15) is 0 Å². The van der Waals surface area contributed by atoms with Gasteiger partial charge in [-0.05, 0) is 24.3 Å². The molecule has 3 aromatic rings. The predicted octanol–water partition coefficient (Wildman–Crippen LogP) is 0.956. The van der Waals surface area contributed by atoms with Gasteiger partial charge in [0.05, 0.1) is 5.69 Å². The molecule has 0 bridgehead atoms. The van der Waals surface area contributed by atoms with Crippen molar-refractivity contribution in [2.24, 2.45) is 0 Å². The van der Waals surface area contributed by atoms with E-state index in [4.69, 9.17) is 11.5 Å². The van der Waals surface area contributed by atoms with Gasteiger partial charge in [-0.2, -0.15) is 9.50 Å². The van der Waals surface area contributed by atoms with Crippen LogP contribution in [0.25, 0.3) is 16.9 Å². The largest absolute Gasteiger partial charge is 0.383 e. The summed E-state index contributed by atoms with van der Waals surface area (Å²) in [5.74, 6) is 0.681. The summed E-state index contributed by atoms with van der Waals surface area (Å²) in [5, 5.41) is 4.03. The van der Waals surface area contributed by atoms with Crippen LogP contribution >= 0.6 is 0 Å². The average molecular weight is 226 g/mol. The van der Waals surface area contributed by atoms with Gasteiger partial charge < -0.3 is 11.5 Å². The molecule has 0 saturated carbocycles. The molecule has 0 unspecified atom stereocenters. The van der Waals surface area contributed by atoms with Crippen LogP contribution in [0, 0.1) is 0 Å². The maximum absolute atomic E-state index is 6.03. The number of hydrogen-bond acceptors (Lipinski definition) is 5. The first-order valence-corrected chi connectivity index (χ1v) is 5.08. The lowest BCUT2D eigenvalue weighted by Crippen LogP contribution is -2.02. The minimum atomic E-state index is 0.204. The Kier molecular flexibility index (Phi) is 1.94. The average Bonchev–Trinajstić information content (AvgIpc) is 2.72. The van der Waals surface area contributed by atoms with E-state index in [2.05, 4.69) is 15.1 Å². The normalized spacial score (nSPS) is 10.8. The number of fused-ring (bicyclic) bond motifs is 1. The second-order valence-electron chi connectivity index (χ2n) is 3.59. The molecule has 3 heterocycles. The van der Waals surface area contributed by atoms with Crippen molar-refractivity contribution < 1.29 is 0 Å². The van der Waals surface area contributed by atoms with Crippen LogP contribution in [-0.4, -0.2) is 19.6 Å². The summed E-state index contributed by atoms with van der Waals surface area (Å²) in [5.41, 5.74) is 13.8. The van der Waals surface area contributed by atoms with Crippen LogP contribution in [0.3, 0.4) is 0 Å². The number of nitrogen functional groups attached to an aromatic ring is 2. The second kappa shape index (κ2) is 3.44. The van der Waals surface area contributed by atoms with Crippen molar-refractivity contribution in [2.45, 2.75) is 0 Å². The first kappa shape index (κ1) is 9.59. The summed E-state index contributed by atoms with van der Waals surface area (Å²) in [4.78, 5) is 8.29. The van der Waals surface area contributed by atoms with Crippen molar-refractivity contribution in [3.05, 3.63) is 36.5 Å². The topological polar surface area (TPSA) is 95.1 Å². The van der Waals surface area contributed by atoms with E-state index in [1.807, 2.05) is 30.3 Å². The molecule has 3 aromatic heterocycles. The van der Waals surface area contributed by atoms with Crippen LogP contribution < -0.4 is 11.5 Å². The molecule has 0 atom stereocenters. The monoisotopic (exact) mass is 226 g/mol. The summed E-state index contributed by atoms with van der Waals surface area (Å²) in [6.45, 7) is 0. The predicted molar refractivity (Wildman–Crippen MR) is 65.0 cm³/mol. The van der Waals surface area contributed by atoms with Crippen LogP contribution in [-0.2, 0) is 0 Å². The maximum Gasteiger partial charge on any atom is 0.240 e. The van der Waals surface area contributed by atoms with E-state index in [1.54, 1.807) is 6.20 Å². The molecule has 0 aliphatic carbocycles. The van der Waals surface area contributed by atoms with Crippen molar-refractivity contribution in [3.63, 3.8) is 0 Å². The molecule has 0 aliphatic rings. The van der Waals surface area contributed by atoms with Crippen LogP contribution in [0.4, 0.5) is 11.8 Å². The number of anilines is 2. The molecule has 0 saturated heterocycles. The Morgan fingerprint density at radius 3 is 2.71 bits per heavy atom. The zero-order valence-electron chi connectivity index (χ0n) is 8.91. The third-order valence-electron chi connectivity index (χ3n) is 2.49. The van der Waals surface area contributed by atoms with Crippen LogP contribution in [0.5, 0.6) is 0 Å². The molecular weight excluding hydrogens is 216 g/mol. The van der Waals surface area contributed by atoms with Crippen molar-refractivity contribution in [3.8, 4) is 11.3 Å². The van der Waals surface area contributed by atoms with E-state index >= 15 is 0 Å². The fourth-order valence-electron chi connectivity index (χ4n) is 1.72. The molecule has 17 heavy (non-hydrogen) atoms. The van der Waals surface area contributed by atoms with Crippen LogP contribution in [0.15, 0.2) is 36.5 Å². The first-order valence-electron chi connectivity index (χ1n) is 5.08. The maximum atomic E-state index is 6.03. The standard InChI is InChI=1S/C11H10N6/c12-10-7(8-3-1-2-6-14-8)4-5-9-15-11(13)16-17(9)10/h1-6H,12H2,(H2,13,16). The smallest absolute Gasteiger partial charge is 0.240 e. The van der Waals surface area contributed by atoms with E-state index in [0.29, 0.717) is 11.5 Å². The Bertz CT molecular complexity index is 673. The Balaban J connectivity index is 2.28. The van der Waals surface area contributed by atoms with Gasteiger partial charge in [0.15, 0.2) is 5.65 Å². The molecule has 0 aliphatic heterocycles. The van der Waals surface area contributed by atoms with Gasteiger partial charge in [-0.1, -0.05) is 6.07 Å². The highest BCUT2D eigenvalue weighted by molar-refractivity contribution is 5.73. The summed E-state index contributed by atoms with van der Waals surface area (Å²) >= 11 is 0. The van der Waals surface area contributed by atoms with Gasteiger partial charge in [-0.15, -0.1) is 5.10 Å². The quantitative estimate of drug-likeness (QED) is 0.644. The molecule has 0 amide bonds. The SMILES string of the molecule is Nc1nc2ccc(-c3ccccn3)c(N)n2n1. The van der Waals surface area contributed by atoms with E-state index in [9.17, 15) is 0 Å². The van der Waals surface area contributed by atoms with E-state index < -0.39 is 0 Å². The molecule has 4 N–H and O–H groups in total. The number of rotatable bonds is 1. The first-order chi connectivity index (χ1) is 8.25. The Morgan fingerprint density at radius 1 is 1.06 bits per heavy atom. The Morgan fingerprint density at radius 2 is 1.94 bits per heavy atom. The lowest BCUT2D eigenvalue weighted by Gasteiger charge is -2.05. The van der Waals surface area contributed by atoms with Crippen molar-refractivity contribution in [1.82, 2.24) is 19.6 Å². The minimum Gasteiger partial charge on any atom is -0.383 e. The molecule has 6 nitrogen and oxygen atoms in total. The van der Waals surface area contributed by atoms with Gasteiger partial charge in [0, 0.05) is 11.8 Å². The highest BCUT2D eigenvalue weighted by Crippen LogP contribution is 2.24. The molecule has 84 valence electrons. The van der Waals surface area contributed by atoms with Crippen molar-refractivity contribution in [2.75, 3.05) is 11.5 Å². The summed E-state index contributed by atoms with van der Waals surface area (Å²) in [7, 11) is 0. The Labute approximate surface area is 96.9 Å². The third-order valence-corrected chi connectivity index (χ3v) is 2.49. The summed E-state index contributed by atoms with van der Waals surface area (Å²) in [6.07, 6.45) is 1.72. The van der Waals surface area contributed by atoms with Gasteiger partial charge in [-0.3, -0.25) is 4.98 Å². The molecule has 0 spiro atoms. The zero-order valence-corrected chi connectivity index (χ0v) is 8.91. The third kappa shape index (κ3) is 1.46. The number of nitrogens with zero attached hydrogens (tertiary/aromatic N) is 4. The van der Waals surface area contributed by atoms with Crippen molar-refractivity contribution in [1.29, 1.82) is 0 Å². The highest BCUT2D eigenvalue weighted by atomic mass is 15.3. The van der Waals surface area contributed by atoms with Gasteiger partial charge in [0.2, 0.25) is 5.95 Å². The van der Waals surface area contributed by atoms with Gasteiger partial charge in [0.25, 0.3) is 0 Å². The second-order valence-corrected chi connectivity index (χ2v) is 3.59. The fraction of sp³-hybridized carbons (Fsp3) is 0. The van der Waals surface area contributed by atoms with E-state index in [-0.39, 0.29) is 5.95 Å². The van der Waals surface area contributed by atoms with Gasteiger partial charge in [-0.25, -0.2) is 0 Å². The molecule has 6 heteroatoms. The lowest BCUT2D eigenvalue weighted by atomic mass is 10.1.